The minimum Gasteiger partial charge on any atom is -0.357 e. The van der Waals surface area contributed by atoms with E-state index in [1.807, 2.05) is 11.6 Å². The lowest BCUT2D eigenvalue weighted by Crippen LogP contribution is -2.45. The quantitative estimate of drug-likeness (QED) is 0.299. The maximum absolute atomic E-state index is 12.6. The number of aromatic nitrogens is 1. The number of carbonyl (C=O) groups is 1. The van der Waals surface area contributed by atoms with Crippen molar-refractivity contribution in [2.24, 2.45) is 10.9 Å². The summed E-state index contributed by atoms with van der Waals surface area (Å²) in [6, 6.07) is 0.304. The van der Waals surface area contributed by atoms with E-state index < -0.39 is 0 Å². The number of guanidine groups is 1. The van der Waals surface area contributed by atoms with Crippen molar-refractivity contribution in [3.05, 3.63) is 11.6 Å². The second-order valence-corrected chi connectivity index (χ2v) is 9.39. The predicted octanol–water partition coefficient (Wildman–Crippen LogP) is 2.97. The monoisotopic (exact) mass is 409 g/mol. The Labute approximate surface area is 170 Å². The standard InChI is InChI=1S/C19H31N5OS2/c1-2-20-18(21-9-5-12-26-19-22-10-13-27-19)23-16-8-11-24(14-16)17(25)15-6-3-4-7-15/h10,13,15-16H,2-9,11-12,14H2,1H3,(H2,20,21,23). The molecule has 2 heterocycles. The predicted molar refractivity (Wildman–Crippen MR) is 114 cm³/mol. The maximum atomic E-state index is 12.6. The van der Waals surface area contributed by atoms with Gasteiger partial charge in [-0.15, -0.1) is 11.3 Å². The lowest BCUT2D eigenvalue weighted by molar-refractivity contribution is -0.134. The van der Waals surface area contributed by atoms with Crippen LogP contribution in [-0.2, 0) is 4.79 Å². The molecule has 1 saturated heterocycles. The van der Waals surface area contributed by atoms with Crippen LogP contribution in [0.4, 0.5) is 0 Å². The number of aliphatic imine (C=N–C) groups is 1. The van der Waals surface area contributed by atoms with Crippen molar-refractivity contribution >= 4 is 35.0 Å². The molecule has 1 atom stereocenters. The van der Waals surface area contributed by atoms with E-state index >= 15 is 0 Å². The Kier molecular flexibility index (Phi) is 8.26. The highest BCUT2D eigenvalue weighted by atomic mass is 32.2. The van der Waals surface area contributed by atoms with Gasteiger partial charge in [0, 0.05) is 55.5 Å². The van der Waals surface area contributed by atoms with Crippen LogP contribution in [0.3, 0.4) is 0 Å². The molecule has 1 amide bonds. The van der Waals surface area contributed by atoms with E-state index in [-0.39, 0.29) is 5.92 Å². The van der Waals surface area contributed by atoms with Crippen LogP contribution >= 0.6 is 23.1 Å². The summed E-state index contributed by atoms with van der Waals surface area (Å²) in [6.45, 7) is 5.40. The Bertz CT molecular complexity index is 601. The lowest BCUT2D eigenvalue weighted by Gasteiger charge is -2.21. The van der Waals surface area contributed by atoms with Crippen molar-refractivity contribution in [2.45, 2.75) is 55.8 Å². The van der Waals surface area contributed by atoms with Crippen molar-refractivity contribution in [3.8, 4) is 0 Å². The first-order valence-electron chi connectivity index (χ1n) is 10.1. The highest BCUT2D eigenvalue weighted by Gasteiger charge is 2.32. The fourth-order valence-corrected chi connectivity index (χ4v) is 5.35. The van der Waals surface area contributed by atoms with Crippen LogP contribution in [0, 0.1) is 5.92 Å². The van der Waals surface area contributed by atoms with E-state index in [2.05, 4.69) is 27.4 Å². The summed E-state index contributed by atoms with van der Waals surface area (Å²) in [5.41, 5.74) is 0. The SMILES string of the molecule is CCNC(=NCCCSc1nccs1)NC1CCN(C(=O)C2CCCC2)C1. The van der Waals surface area contributed by atoms with E-state index in [9.17, 15) is 4.79 Å². The second-order valence-electron chi connectivity index (χ2n) is 7.16. The van der Waals surface area contributed by atoms with E-state index in [1.165, 1.54) is 12.8 Å². The molecule has 2 N–H and O–H groups in total. The molecule has 1 aromatic heterocycles. The van der Waals surface area contributed by atoms with Crippen LogP contribution in [0.1, 0.15) is 45.4 Å². The summed E-state index contributed by atoms with van der Waals surface area (Å²) in [5.74, 6) is 2.56. The van der Waals surface area contributed by atoms with Gasteiger partial charge in [0.25, 0.3) is 0 Å². The molecule has 0 spiro atoms. The third-order valence-electron chi connectivity index (χ3n) is 5.10. The largest absolute Gasteiger partial charge is 0.357 e. The zero-order valence-electron chi connectivity index (χ0n) is 16.2. The molecule has 0 radical (unpaired) electrons. The average Bonchev–Trinajstić information content (AvgIpc) is 3.43. The topological polar surface area (TPSA) is 69.6 Å². The van der Waals surface area contributed by atoms with Gasteiger partial charge in [0.05, 0.1) is 0 Å². The smallest absolute Gasteiger partial charge is 0.225 e. The normalized spacial score (nSPS) is 21.0. The van der Waals surface area contributed by atoms with Gasteiger partial charge in [0.1, 0.15) is 4.34 Å². The number of amides is 1. The summed E-state index contributed by atoms with van der Waals surface area (Å²) >= 11 is 3.48. The van der Waals surface area contributed by atoms with Crippen molar-refractivity contribution in [1.29, 1.82) is 0 Å². The van der Waals surface area contributed by atoms with Crippen molar-refractivity contribution in [3.63, 3.8) is 0 Å². The average molecular weight is 410 g/mol. The second kappa shape index (κ2) is 10.9. The lowest BCUT2D eigenvalue weighted by atomic mass is 10.1. The van der Waals surface area contributed by atoms with Crippen LogP contribution in [0.2, 0.25) is 0 Å². The molecule has 0 bridgehead atoms. The van der Waals surface area contributed by atoms with Crippen molar-refractivity contribution in [1.82, 2.24) is 20.5 Å². The van der Waals surface area contributed by atoms with Gasteiger partial charge in [-0.2, -0.15) is 0 Å². The molecule has 6 nitrogen and oxygen atoms in total. The first-order chi connectivity index (χ1) is 13.3. The Hall–Kier alpha value is -1.28. The van der Waals surface area contributed by atoms with E-state index in [4.69, 9.17) is 4.99 Å². The maximum Gasteiger partial charge on any atom is 0.225 e. The van der Waals surface area contributed by atoms with Gasteiger partial charge in [-0.25, -0.2) is 4.98 Å². The molecule has 0 aromatic carbocycles. The van der Waals surface area contributed by atoms with Crippen LogP contribution in [0.15, 0.2) is 20.9 Å². The van der Waals surface area contributed by atoms with E-state index in [1.54, 1.807) is 23.1 Å². The van der Waals surface area contributed by atoms with Gasteiger partial charge < -0.3 is 15.5 Å². The molecule has 3 rings (SSSR count). The fourth-order valence-electron chi connectivity index (χ4n) is 3.72. The van der Waals surface area contributed by atoms with Gasteiger partial charge in [-0.05, 0) is 32.6 Å². The van der Waals surface area contributed by atoms with Gasteiger partial charge >= 0.3 is 0 Å². The molecule has 8 heteroatoms. The van der Waals surface area contributed by atoms with Gasteiger partial charge in [0.15, 0.2) is 5.96 Å². The molecular formula is C19H31N5OS2. The third kappa shape index (κ3) is 6.38. The fraction of sp³-hybridized carbons (Fsp3) is 0.737. The molecular weight excluding hydrogens is 378 g/mol. The first-order valence-corrected chi connectivity index (χ1v) is 12.0. The molecule has 1 aliphatic heterocycles. The molecule has 1 saturated carbocycles. The number of hydrogen-bond acceptors (Lipinski definition) is 5. The number of rotatable bonds is 8. The summed E-state index contributed by atoms with van der Waals surface area (Å²) in [7, 11) is 0. The van der Waals surface area contributed by atoms with Gasteiger partial charge in [0.2, 0.25) is 5.91 Å². The highest BCUT2D eigenvalue weighted by Crippen LogP contribution is 2.27. The Morgan fingerprint density at radius 1 is 1.41 bits per heavy atom. The van der Waals surface area contributed by atoms with Crippen LogP contribution < -0.4 is 10.6 Å². The number of nitrogens with one attached hydrogen (secondary N) is 2. The number of thiazole rings is 1. The minimum absolute atomic E-state index is 0.279. The molecule has 1 unspecified atom stereocenters. The van der Waals surface area contributed by atoms with E-state index in [0.717, 1.165) is 67.9 Å². The van der Waals surface area contributed by atoms with Crippen LogP contribution in [0.5, 0.6) is 0 Å². The zero-order chi connectivity index (χ0) is 18.9. The Morgan fingerprint density at radius 2 is 2.26 bits per heavy atom. The number of carbonyl (C=O) groups excluding carboxylic acids is 1. The molecule has 1 aliphatic carbocycles. The van der Waals surface area contributed by atoms with Crippen molar-refractivity contribution < 1.29 is 4.79 Å². The summed E-state index contributed by atoms with van der Waals surface area (Å²) < 4.78 is 1.13. The van der Waals surface area contributed by atoms with Crippen LogP contribution in [0.25, 0.3) is 0 Å². The first kappa shape index (κ1) is 20.5. The molecule has 2 aliphatic rings. The number of nitrogens with zero attached hydrogens (tertiary/aromatic N) is 3. The molecule has 150 valence electrons. The Morgan fingerprint density at radius 3 is 3.00 bits per heavy atom. The van der Waals surface area contributed by atoms with Crippen LogP contribution in [-0.4, -0.2) is 59.7 Å². The third-order valence-corrected chi connectivity index (χ3v) is 7.15. The summed E-state index contributed by atoms with van der Waals surface area (Å²) in [6.07, 6.45) is 8.46. The molecule has 2 fully saturated rings. The van der Waals surface area contributed by atoms with E-state index in [0.29, 0.717) is 11.9 Å². The highest BCUT2D eigenvalue weighted by molar-refractivity contribution is 8.00. The zero-order valence-corrected chi connectivity index (χ0v) is 17.8. The van der Waals surface area contributed by atoms with Crippen molar-refractivity contribution in [2.75, 3.05) is 31.9 Å². The molecule has 27 heavy (non-hydrogen) atoms. The summed E-state index contributed by atoms with van der Waals surface area (Å²) in [5, 5.41) is 8.87. The minimum atomic E-state index is 0.279. The van der Waals surface area contributed by atoms with Gasteiger partial charge in [-0.1, -0.05) is 24.6 Å². The number of hydrogen-bond donors (Lipinski definition) is 2. The van der Waals surface area contributed by atoms with Gasteiger partial charge in [-0.3, -0.25) is 9.79 Å². The Balaban J connectivity index is 1.39. The number of thioether (sulfide) groups is 1. The number of likely N-dealkylation sites (tertiary alicyclic amines) is 1. The summed E-state index contributed by atoms with van der Waals surface area (Å²) in [4.78, 5) is 23.6. The molecule has 1 aromatic rings.